The molecule has 0 saturated heterocycles. The third kappa shape index (κ3) is 2.11. The first kappa shape index (κ1) is 5.85. The molecule has 0 saturated carbocycles. The molecule has 0 aromatic rings. The van der Waals surface area contributed by atoms with Gasteiger partial charge in [-0.3, -0.25) is 4.21 Å². The zero-order valence-electron chi connectivity index (χ0n) is 3.43. The summed E-state index contributed by atoms with van der Waals surface area (Å²) in [5.41, 5.74) is 0. The van der Waals surface area contributed by atoms with E-state index in [0.29, 0.717) is 0 Å². The highest BCUT2D eigenvalue weighted by atomic mass is 32.2. The van der Waals surface area contributed by atoms with Crippen LogP contribution >= 0.6 is 0 Å². The van der Waals surface area contributed by atoms with Crippen LogP contribution < -0.4 is 0 Å². The van der Waals surface area contributed by atoms with Gasteiger partial charge in [0.2, 0.25) is 0 Å². The van der Waals surface area contributed by atoms with Gasteiger partial charge in [-0.15, -0.1) is 0 Å². The lowest BCUT2D eigenvalue weighted by atomic mass is 10.8. The van der Waals surface area contributed by atoms with Crippen LogP contribution in [0.15, 0.2) is 11.5 Å². The monoisotopic (exact) mass is 105 g/mol. The molecule has 0 aliphatic rings. The molecule has 0 heterocycles. The van der Waals surface area contributed by atoms with Crippen molar-refractivity contribution in [2.75, 3.05) is 0 Å². The van der Waals surface area contributed by atoms with Crippen molar-refractivity contribution in [1.29, 1.82) is 0 Å². The highest BCUT2D eigenvalue weighted by molar-refractivity contribution is 7.83. The van der Waals surface area contributed by atoms with Gasteiger partial charge in [-0.2, -0.15) is 0 Å². The lowest BCUT2D eigenvalue weighted by molar-refractivity contribution is 0.543. The molecule has 0 N–H and O–H groups in total. The number of hydrogen-bond donors (Lipinski definition) is 0. The quantitative estimate of drug-likeness (QED) is 0.453. The molecule has 1 unspecified atom stereocenters. The summed E-state index contributed by atoms with van der Waals surface area (Å²) in [4.78, 5) is 0.176. The predicted octanol–water partition coefficient (Wildman–Crippen LogP) is 0.399. The van der Waals surface area contributed by atoms with Crippen molar-refractivity contribution in [1.82, 2.24) is 0 Å². The van der Waals surface area contributed by atoms with Crippen LogP contribution in [0.4, 0.5) is 0 Å². The van der Waals surface area contributed by atoms with Gasteiger partial charge in [0, 0.05) is 0 Å². The molecule has 0 radical (unpaired) electrons. The topological polar surface area (TPSA) is 40.1 Å². The third-order valence-corrected chi connectivity index (χ3v) is 0.854. The Kier molecular flexibility index (Phi) is 2.05. The molecule has 0 spiro atoms. The van der Waals surface area contributed by atoms with Crippen LogP contribution in [0.5, 0.6) is 0 Å². The van der Waals surface area contributed by atoms with Gasteiger partial charge in [-0.1, -0.05) is 6.58 Å². The molecule has 0 aromatic heterocycles. The molecule has 0 amide bonds. The van der Waals surface area contributed by atoms with Gasteiger partial charge in [-0.05, 0) is 22.9 Å². The molecule has 0 aromatic carbocycles. The summed E-state index contributed by atoms with van der Waals surface area (Å²) in [5, 5.41) is 0. The van der Waals surface area contributed by atoms with Crippen molar-refractivity contribution >= 4 is 11.1 Å². The lowest BCUT2D eigenvalue weighted by Crippen LogP contribution is -1.83. The van der Waals surface area contributed by atoms with Gasteiger partial charge < -0.3 is 4.55 Å². The van der Waals surface area contributed by atoms with Crippen LogP contribution in [0.2, 0.25) is 0 Å². The summed E-state index contributed by atoms with van der Waals surface area (Å²) in [6.45, 7) is 4.58. The summed E-state index contributed by atoms with van der Waals surface area (Å²) in [6, 6.07) is 0. The molecule has 0 aliphatic carbocycles. The summed E-state index contributed by atoms with van der Waals surface area (Å²) in [6.07, 6.45) is 0. The second kappa shape index (κ2) is 2.10. The van der Waals surface area contributed by atoms with Gasteiger partial charge >= 0.3 is 0 Å². The largest absolute Gasteiger partial charge is 0.769 e. The fourth-order valence-electron chi connectivity index (χ4n) is 0. The molecule has 0 bridgehead atoms. The van der Waals surface area contributed by atoms with Gasteiger partial charge in [0.15, 0.2) is 0 Å². The van der Waals surface area contributed by atoms with E-state index in [0.717, 1.165) is 0 Å². The fourth-order valence-corrected chi connectivity index (χ4v) is 0. The van der Waals surface area contributed by atoms with Crippen LogP contribution in [0, 0.1) is 0 Å². The molecule has 0 aliphatic heterocycles. The molecule has 0 rings (SSSR count). The molecular formula is C3H5O2S-. The van der Waals surface area contributed by atoms with E-state index in [4.69, 9.17) is 0 Å². The molecular weight excluding hydrogens is 100 g/mol. The highest BCUT2D eigenvalue weighted by Crippen LogP contribution is 1.87. The molecule has 2 nitrogen and oxygen atoms in total. The van der Waals surface area contributed by atoms with Crippen LogP contribution in [0.1, 0.15) is 6.92 Å². The standard InChI is InChI=1S/C3H6O2S/c1-3(2)6(4)5/h1H2,2H3,(H,4,5)/p-1. The molecule has 1 atom stereocenters. The Morgan fingerprint density at radius 3 is 2.17 bits per heavy atom. The van der Waals surface area contributed by atoms with E-state index in [1.165, 1.54) is 6.92 Å². The molecule has 0 fully saturated rings. The average Bonchev–Trinajstić information content (AvgIpc) is 1.36. The first-order valence-corrected chi connectivity index (χ1v) is 2.47. The van der Waals surface area contributed by atoms with E-state index in [2.05, 4.69) is 6.58 Å². The zero-order chi connectivity index (χ0) is 5.15. The Hall–Kier alpha value is -0.150. The molecule has 6 heavy (non-hydrogen) atoms. The van der Waals surface area contributed by atoms with E-state index in [9.17, 15) is 8.76 Å². The summed E-state index contributed by atoms with van der Waals surface area (Å²) < 4.78 is 19.2. The molecule has 3 heteroatoms. The van der Waals surface area contributed by atoms with E-state index in [-0.39, 0.29) is 4.91 Å². The van der Waals surface area contributed by atoms with E-state index in [1.807, 2.05) is 0 Å². The minimum Gasteiger partial charge on any atom is -0.769 e. The first-order chi connectivity index (χ1) is 2.64. The second-order valence-corrected chi connectivity index (χ2v) is 2.10. The second-order valence-electron chi connectivity index (χ2n) is 0.937. The summed E-state index contributed by atoms with van der Waals surface area (Å²) >= 11 is -2.06. The Balaban J connectivity index is 3.57. The lowest BCUT2D eigenvalue weighted by Gasteiger charge is -1.98. The van der Waals surface area contributed by atoms with Crippen molar-refractivity contribution in [3.8, 4) is 0 Å². The smallest absolute Gasteiger partial charge is 0.00788 e. The molecule has 36 valence electrons. The van der Waals surface area contributed by atoms with Crippen LogP contribution in [-0.4, -0.2) is 8.76 Å². The number of hydrogen-bond acceptors (Lipinski definition) is 2. The van der Waals surface area contributed by atoms with E-state index < -0.39 is 11.1 Å². The normalized spacial score (nSPS) is 13.7. The maximum absolute atomic E-state index is 9.60. The van der Waals surface area contributed by atoms with Crippen LogP contribution in [0.3, 0.4) is 0 Å². The highest BCUT2D eigenvalue weighted by Gasteiger charge is 1.74. The van der Waals surface area contributed by atoms with Gasteiger partial charge in [0.25, 0.3) is 0 Å². The zero-order valence-corrected chi connectivity index (χ0v) is 4.25. The van der Waals surface area contributed by atoms with Crippen molar-refractivity contribution < 1.29 is 8.76 Å². The Morgan fingerprint density at radius 2 is 2.17 bits per heavy atom. The maximum atomic E-state index is 9.60. The number of allylic oxidation sites excluding steroid dienone is 1. The van der Waals surface area contributed by atoms with Crippen molar-refractivity contribution in [2.45, 2.75) is 6.92 Å². The minimum atomic E-state index is -2.06. The van der Waals surface area contributed by atoms with Gasteiger partial charge in [0.05, 0.1) is 0 Å². The third-order valence-electron chi connectivity index (χ3n) is 0.285. The SMILES string of the molecule is C=C(C)S(=O)[O-]. The van der Waals surface area contributed by atoms with Crippen molar-refractivity contribution in [3.05, 3.63) is 11.5 Å². The van der Waals surface area contributed by atoms with Gasteiger partial charge in [-0.25, -0.2) is 0 Å². The first-order valence-electron chi connectivity index (χ1n) is 1.39. The predicted molar refractivity (Wildman–Crippen MR) is 23.7 cm³/mol. The fraction of sp³-hybridized carbons (Fsp3) is 0.333. The maximum Gasteiger partial charge on any atom is -0.00788 e. The van der Waals surface area contributed by atoms with Gasteiger partial charge in [0.1, 0.15) is 0 Å². The van der Waals surface area contributed by atoms with Crippen molar-refractivity contribution in [2.24, 2.45) is 0 Å². The Morgan fingerprint density at radius 1 is 2.00 bits per heavy atom. The summed E-state index contributed by atoms with van der Waals surface area (Å²) in [5.74, 6) is 0. The Bertz CT molecular complexity index is 74.8. The van der Waals surface area contributed by atoms with Crippen LogP contribution in [-0.2, 0) is 11.1 Å². The van der Waals surface area contributed by atoms with Crippen LogP contribution in [0.25, 0.3) is 0 Å². The number of rotatable bonds is 1. The summed E-state index contributed by atoms with van der Waals surface area (Å²) in [7, 11) is 0. The van der Waals surface area contributed by atoms with Crippen molar-refractivity contribution in [3.63, 3.8) is 0 Å². The average molecular weight is 105 g/mol. The van der Waals surface area contributed by atoms with E-state index >= 15 is 0 Å². The Labute approximate surface area is 39.2 Å². The minimum absolute atomic E-state index is 0.176. The van der Waals surface area contributed by atoms with E-state index in [1.54, 1.807) is 0 Å².